The fourth-order valence-electron chi connectivity index (χ4n) is 2.94. The number of halogens is 1. The smallest absolute Gasteiger partial charge is 0.191 e. The Bertz CT molecular complexity index is 889. The van der Waals surface area contributed by atoms with E-state index in [0.717, 1.165) is 54.8 Å². The molecule has 0 saturated carbocycles. The molecule has 0 bridgehead atoms. The van der Waals surface area contributed by atoms with Crippen molar-refractivity contribution in [2.24, 2.45) is 4.99 Å². The van der Waals surface area contributed by atoms with Crippen LogP contribution in [-0.2, 0) is 25.9 Å². The van der Waals surface area contributed by atoms with E-state index in [0.29, 0.717) is 6.54 Å². The number of aryl methyl sites for hydroxylation is 1. The first kappa shape index (κ1) is 20.9. The summed E-state index contributed by atoms with van der Waals surface area (Å²) >= 11 is 5.97. The molecule has 29 heavy (non-hydrogen) atoms. The molecule has 0 aliphatic heterocycles. The molecule has 0 saturated heterocycles. The summed E-state index contributed by atoms with van der Waals surface area (Å²) in [7, 11) is 0. The van der Waals surface area contributed by atoms with Gasteiger partial charge in [-0.3, -0.25) is 0 Å². The first-order valence-corrected chi connectivity index (χ1v) is 10.3. The van der Waals surface area contributed by atoms with Gasteiger partial charge in [0.25, 0.3) is 0 Å². The number of rotatable bonds is 9. The predicted molar refractivity (Wildman–Crippen MR) is 118 cm³/mol. The maximum absolute atomic E-state index is 5.97. The first-order valence-electron chi connectivity index (χ1n) is 9.92. The lowest BCUT2D eigenvalue weighted by molar-refractivity contribution is 0.631. The molecule has 6 nitrogen and oxygen atoms in total. The normalized spacial score (nSPS) is 11.4. The van der Waals surface area contributed by atoms with Crippen LogP contribution < -0.4 is 10.6 Å². The quantitative estimate of drug-likeness (QED) is 0.418. The van der Waals surface area contributed by atoms with Crippen molar-refractivity contribution < 1.29 is 0 Å². The molecule has 0 amide bonds. The summed E-state index contributed by atoms with van der Waals surface area (Å²) in [6.07, 6.45) is 3.58. The summed E-state index contributed by atoms with van der Waals surface area (Å²) in [5, 5.41) is 15.7. The molecule has 0 radical (unpaired) electrons. The van der Waals surface area contributed by atoms with Crippen LogP contribution in [0.1, 0.15) is 23.9 Å². The lowest BCUT2D eigenvalue weighted by Crippen LogP contribution is -2.40. The third kappa shape index (κ3) is 6.91. The van der Waals surface area contributed by atoms with Gasteiger partial charge >= 0.3 is 0 Å². The molecule has 0 unspecified atom stereocenters. The Balaban J connectivity index is 1.56. The van der Waals surface area contributed by atoms with Gasteiger partial charge in [-0.15, -0.1) is 10.2 Å². The molecule has 0 aliphatic rings. The average molecular weight is 411 g/mol. The number of benzene rings is 2. The SMILES string of the molecule is CCc1nncn1CCNC(=NCc1ccc(Cl)cc1)NCCc1ccccc1. The topological polar surface area (TPSA) is 67.1 Å². The van der Waals surface area contributed by atoms with Crippen molar-refractivity contribution in [3.05, 3.63) is 82.9 Å². The van der Waals surface area contributed by atoms with Gasteiger partial charge in [0, 0.05) is 31.1 Å². The van der Waals surface area contributed by atoms with E-state index >= 15 is 0 Å². The summed E-state index contributed by atoms with van der Waals surface area (Å²) in [6.45, 7) is 5.01. The summed E-state index contributed by atoms with van der Waals surface area (Å²) in [4.78, 5) is 4.73. The monoisotopic (exact) mass is 410 g/mol. The van der Waals surface area contributed by atoms with E-state index in [9.17, 15) is 0 Å². The molecule has 0 spiro atoms. The molecule has 3 rings (SSSR count). The highest BCUT2D eigenvalue weighted by molar-refractivity contribution is 6.30. The Kier molecular flexibility index (Phi) is 8.07. The van der Waals surface area contributed by atoms with Crippen LogP contribution in [0.15, 0.2) is 65.9 Å². The van der Waals surface area contributed by atoms with Gasteiger partial charge in [0.05, 0.1) is 6.54 Å². The maximum atomic E-state index is 5.97. The number of hydrogen-bond donors (Lipinski definition) is 2. The van der Waals surface area contributed by atoms with E-state index in [-0.39, 0.29) is 0 Å². The number of nitrogens with one attached hydrogen (secondary N) is 2. The Morgan fingerprint density at radius 2 is 1.76 bits per heavy atom. The van der Waals surface area contributed by atoms with Crippen molar-refractivity contribution in [1.29, 1.82) is 0 Å². The Morgan fingerprint density at radius 3 is 2.52 bits per heavy atom. The zero-order valence-corrected chi connectivity index (χ0v) is 17.4. The highest BCUT2D eigenvalue weighted by Gasteiger charge is 2.03. The zero-order chi connectivity index (χ0) is 20.3. The van der Waals surface area contributed by atoms with Crippen LogP contribution in [-0.4, -0.2) is 33.8 Å². The van der Waals surface area contributed by atoms with Gasteiger partial charge in [-0.25, -0.2) is 4.99 Å². The summed E-state index contributed by atoms with van der Waals surface area (Å²) in [6, 6.07) is 18.2. The second-order valence-electron chi connectivity index (χ2n) is 6.67. The molecule has 1 heterocycles. The summed E-state index contributed by atoms with van der Waals surface area (Å²) in [5.41, 5.74) is 2.42. The predicted octanol–water partition coefficient (Wildman–Crippen LogP) is 3.47. The van der Waals surface area contributed by atoms with Crippen molar-refractivity contribution >= 4 is 17.6 Å². The number of nitrogens with zero attached hydrogens (tertiary/aromatic N) is 4. The van der Waals surface area contributed by atoms with Crippen LogP contribution in [0.3, 0.4) is 0 Å². The lowest BCUT2D eigenvalue weighted by atomic mass is 10.1. The largest absolute Gasteiger partial charge is 0.356 e. The number of aromatic nitrogens is 3. The van der Waals surface area contributed by atoms with Crippen molar-refractivity contribution in [2.75, 3.05) is 13.1 Å². The van der Waals surface area contributed by atoms with Crippen molar-refractivity contribution in [2.45, 2.75) is 32.9 Å². The van der Waals surface area contributed by atoms with Gasteiger partial charge in [-0.05, 0) is 29.7 Å². The van der Waals surface area contributed by atoms with E-state index in [1.165, 1.54) is 5.56 Å². The summed E-state index contributed by atoms with van der Waals surface area (Å²) < 4.78 is 2.06. The minimum Gasteiger partial charge on any atom is -0.356 e. The van der Waals surface area contributed by atoms with Gasteiger partial charge in [0.15, 0.2) is 5.96 Å². The van der Waals surface area contributed by atoms with E-state index in [1.54, 1.807) is 6.33 Å². The molecule has 3 aromatic rings. The molecule has 0 fully saturated rings. The van der Waals surface area contributed by atoms with E-state index in [4.69, 9.17) is 16.6 Å². The summed E-state index contributed by atoms with van der Waals surface area (Å²) in [5.74, 6) is 1.78. The maximum Gasteiger partial charge on any atom is 0.191 e. The number of guanidine groups is 1. The van der Waals surface area contributed by atoms with Crippen LogP contribution in [0.5, 0.6) is 0 Å². The van der Waals surface area contributed by atoms with Crippen molar-refractivity contribution in [3.8, 4) is 0 Å². The zero-order valence-electron chi connectivity index (χ0n) is 16.7. The first-order chi connectivity index (χ1) is 14.2. The highest BCUT2D eigenvalue weighted by atomic mass is 35.5. The van der Waals surface area contributed by atoms with Crippen LogP contribution in [0.2, 0.25) is 5.02 Å². The molecule has 1 aromatic heterocycles. The van der Waals surface area contributed by atoms with Crippen LogP contribution in [0.4, 0.5) is 0 Å². The number of hydrogen-bond acceptors (Lipinski definition) is 3. The van der Waals surface area contributed by atoms with E-state index in [2.05, 4.69) is 56.6 Å². The molecular weight excluding hydrogens is 384 g/mol. The molecule has 2 aromatic carbocycles. The standard InChI is InChI=1S/C22H27ClN6/c1-2-21-28-27-17-29(21)15-14-25-22(24-13-12-18-6-4-3-5-7-18)26-16-19-8-10-20(23)11-9-19/h3-11,17H,2,12-16H2,1H3,(H2,24,25,26). The molecule has 7 heteroatoms. The minimum atomic E-state index is 0.588. The van der Waals surface area contributed by atoms with Crippen LogP contribution in [0.25, 0.3) is 0 Å². The molecule has 0 aliphatic carbocycles. The Morgan fingerprint density at radius 1 is 1.00 bits per heavy atom. The minimum absolute atomic E-state index is 0.588. The molecular formula is C22H27ClN6. The fraction of sp³-hybridized carbons (Fsp3) is 0.318. The van der Waals surface area contributed by atoms with Crippen LogP contribution >= 0.6 is 11.6 Å². The van der Waals surface area contributed by atoms with Crippen molar-refractivity contribution in [1.82, 2.24) is 25.4 Å². The van der Waals surface area contributed by atoms with Gasteiger partial charge < -0.3 is 15.2 Å². The van der Waals surface area contributed by atoms with Gasteiger partial charge in [-0.1, -0.05) is 61.0 Å². The Hall–Kier alpha value is -2.86. The van der Waals surface area contributed by atoms with Crippen molar-refractivity contribution in [3.63, 3.8) is 0 Å². The van der Waals surface area contributed by atoms with E-state index in [1.807, 2.05) is 30.3 Å². The lowest BCUT2D eigenvalue weighted by Gasteiger charge is -2.13. The molecule has 152 valence electrons. The number of aliphatic imine (C=N–C) groups is 1. The fourth-order valence-corrected chi connectivity index (χ4v) is 3.06. The third-order valence-corrected chi connectivity index (χ3v) is 4.79. The highest BCUT2D eigenvalue weighted by Crippen LogP contribution is 2.10. The van der Waals surface area contributed by atoms with Gasteiger partial charge in [0.2, 0.25) is 0 Å². The second-order valence-corrected chi connectivity index (χ2v) is 7.11. The average Bonchev–Trinajstić information content (AvgIpc) is 3.21. The molecule has 0 atom stereocenters. The molecule has 2 N–H and O–H groups in total. The second kappa shape index (κ2) is 11.2. The van der Waals surface area contributed by atoms with Crippen LogP contribution in [0, 0.1) is 0 Å². The van der Waals surface area contributed by atoms with Gasteiger partial charge in [-0.2, -0.15) is 0 Å². The Labute approximate surface area is 177 Å². The van der Waals surface area contributed by atoms with E-state index < -0.39 is 0 Å². The van der Waals surface area contributed by atoms with Gasteiger partial charge in [0.1, 0.15) is 12.2 Å². The third-order valence-electron chi connectivity index (χ3n) is 4.54.